The molecule has 4 atom stereocenters. The lowest BCUT2D eigenvalue weighted by Gasteiger charge is -2.24. The molecule has 0 fully saturated rings. The highest BCUT2D eigenvalue weighted by atomic mass is 16.4. The Morgan fingerprint density at radius 1 is 0.952 bits per heavy atom. The Morgan fingerprint density at radius 2 is 1.48 bits per heavy atom. The van der Waals surface area contributed by atoms with Crippen LogP contribution in [0.2, 0.25) is 0 Å². The molecule has 1 aromatic rings. The van der Waals surface area contributed by atoms with Crippen LogP contribution in [-0.4, -0.2) is 73.2 Å². The molecule has 0 aliphatic carbocycles. The lowest BCUT2D eigenvalue weighted by atomic mass is 9.96. The van der Waals surface area contributed by atoms with Gasteiger partial charge in [-0.2, -0.15) is 0 Å². The molecule has 0 saturated heterocycles. The number of benzene rings is 1. The largest absolute Gasteiger partial charge is 0.508 e. The zero-order valence-corrected chi connectivity index (χ0v) is 10.8. The van der Waals surface area contributed by atoms with Crippen molar-refractivity contribution in [2.24, 2.45) is 0 Å². The Bertz CT molecular complexity index is 497. The first-order chi connectivity index (χ1) is 9.79. The molecule has 0 saturated carbocycles. The van der Waals surface area contributed by atoms with E-state index < -0.39 is 42.6 Å². The lowest BCUT2D eigenvalue weighted by Crippen LogP contribution is -2.50. The molecule has 0 heterocycles. The van der Waals surface area contributed by atoms with Gasteiger partial charge in [-0.15, -0.1) is 0 Å². The standard InChI is InChI=1S/C13H16O8/c14-5-8(16)10(18)12(20)13(21)11(19)9(17)6-1-3-7(15)4-2-6/h1-4,8,10,12-16,18,20-21H,5H2/t8-,10-,12+,13+/m1/s1. The van der Waals surface area contributed by atoms with Crippen molar-refractivity contribution in [2.45, 2.75) is 24.4 Å². The number of aliphatic hydroxyl groups excluding tert-OH is 5. The average Bonchev–Trinajstić information content (AvgIpc) is 2.51. The number of aromatic hydroxyl groups is 1. The van der Waals surface area contributed by atoms with Crippen molar-refractivity contribution >= 4 is 11.6 Å². The van der Waals surface area contributed by atoms with E-state index in [4.69, 9.17) is 15.3 Å². The van der Waals surface area contributed by atoms with Crippen molar-refractivity contribution in [3.05, 3.63) is 29.8 Å². The molecule has 21 heavy (non-hydrogen) atoms. The first kappa shape index (κ1) is 17.2. The zero-order valence-electron chi connectivity index (χ0n) is 10.8. The van der Waals surface area contributed by atoms with E-state index in [9.17, 15) is 24.9 Å². The number of hydrogen-bond acceptors (Lipinski definition) is 8. The Labute approximate surface area is 119 Å². The van der Waals surface area contributed by atoms with Crippen LogP contribution >= 0.6 is 0 Å². The van der Waals surface area contributed by atoms with E-state index in [1.807, 2.05) is 0 Å². The maximum atomic E-state index is 11.8. The molecule has 6 N–H and O–H groups in total. The molecule has 0 spiro atoms. The summed E-state index contributed by atoms with van der Waals surface area (Å²) in [6.45, 7) is -0.898. The van der Waals surface area contributed by atoms with Crippen LogP contribution in [0.5, 0.6) is 5.75 Å². The van der Waals surface area contributed by atoms with Crippen LogP contribution < -0.4 is 0 Å². The molecule has 0 aliphatic rings. The van der Waals surface area contributed by atoms with Gasteiger partial charge in [-0.25, -0.2) is 0 Å². The third-order valence-electron chi connectivity index (χ3n) is 2.88. The predicted molar refractivity (Wildman–Crippen MR) is 68.6 cm³/mol. The van der Waals surface area contributed by atoms with Crippen LogP contribution in [0.25, 0.3) is 0 Å². The van der Waals surface area contributed by atoms with Gasteiger partial charge in [0.05, 0.1) is 6.61 Å². The molecule has 8 nitrogen and oxygen atoms in total. The molecule has 0 amide bonds. The van der Waals surface area contributed by atoms with E-state index in [-0.39, 0.29) is 11.3 Å². The molecular formula is C13H16O8. The summed E-state index contributed by atoms with van der Waals surface area (Å²) in [5.74, 6) is -2.65. The summed E-state index contributed by atoms with van der Waals surface area (Å²) in [6, 6.07) is 4.61. The fraction of sp³-hybridized carbons (Fsp3) is 0.385. The van der Waals surface area contributed by atoms with Crippen molar-refractivity contribution in [1.29, 1.82) is 0 Å². The molecule has 0 aliphatic heterocycles. The van der Waals surface area contributed by atoms with E-state index in [2.05, 4.69) is 0 Å². The van der Waals surface area contributed by atoms with Gasteiger partial charge >= 0.3 is 0 Å². The topological polar surface area (TPSA) is 156 Å². The highest BCUT2D eigenvalue weighted by molar-refractivity contribution is 6.45. The summed E-state index contributed by atoms with van der Waals surface area (Å²) in [5.41, 5.74) is -0.124. The average molecular weight is 300 g/mol. The number of Topliss-reactive ketones (excluding diaryl/α,β-unsaturated/α-hetero) is 2. The van der Waals surface area contributed by atoms with Crippen LogP contribution in [0.4, 0.5) is 0 Å². The van der Waals surface area contributed by atoms with Crippen molar-refractivity contribution < 1.29 is 40.2 Å². The van der Waals surface area contributed by atoms with Gasteiger partial charge in [-0.1, -0.05) is 0 Å². The van der Waals surface area contributed by atoms with E-state index in [1.165, 1.54) is 0 Å². The zero-order chi connectivity index (χ0) is 16.2. The smallest absolute Gasteiger partial charge is 0.234 e. The van der Waals surface area contributed by atoms with E-state index in [1.54, 1.807) is 0 Å². The number of carbonyl (C=O) groups excluding carboxylic acids is 2. The number of rotatable bonds is 7. The summed E-state index contributed by atoms with van der Waals surface area (Å²) in [7, 11) is 0. The minimum Gasteiger partial charge on any atom is -0.508 e. The Kier molecular flexibility index (Phi) is 5.94. The molecule has 1 aromatic carbocycles. The molecule has 116 valence electrons. The van der Waals surface area contributed by atoms with Crippen LogP contribution in [0, 0.1) is 0 Å². The second kappa shape index (κ2) is 7.25. The van der Waals surface area contributed by atoms with Gasteiger partial charge in [0.2, 0.25) is 11.6 Å². The normalized spacial score (nSPS) is 16.8. The van der Waals surface area contributed by atoms with E-state index in [0.29, 0.717) is 0 Å². The minimum absolute atomic E-state index is 0.124. The first-order valence-electron chi connectivity index (χ1n) is 6.00. The second-order valence-corrected chi connectivity index (χ2v) is 4.42. The van der Waals surface area contributed by atoms with Crippen LogP contribution in [0.15, 0.2) is 24.3 Å². The highest BCUT2D eigenvalue weighted by Crippen LogP contribution is 2.13. The minimum atomic E-state index is -2.26. The van der Waals surface area contributed by atoms with Crippen molar-refractivity contribution in [3.8, 4) is 5.75 Å². The van der Waals surface area contributed by atoms with Gasteiger partial charge in [0.25, 0.3) is 0 Å². The van der Waals surface area contributed by atoms with E-state index in [0.717, 1.165) is 24.3 Å². The van der Waals surface area contributed by atoms with Crippen molar-refractivity contribution in [1.82, 2.24) is 0 Å². The Hall–Kier alpha value is -1.84. The van der Waals surface area contributed by atoms with Crippen molar-refractivity contribution in [3.63, 3.8) is 0 Å². The van der Waals surface area contributed by atoms with Crippen LogP contribution in [-0.2, 0) is 4.79 Å². The number of aliphatic hydroxyl groups is 5. The van der Waals surface area contributed by atoms with Crippen LogP contribution in [0.1, 0.15) is 10.4 Å². The van der Waals surface area contributed by atoms with Gasteiger partial charge in [-0.05, 0) is 24.3 Å². The SMILES string of the molecule is O=C(C(=O)[C@H](O)[C@@H](O)[C@H](O)[C@H](O)CO)c1ccc(O)cc1. The fourth-order valence-corrected chi connectivity index (χ4v) is 1.57. The number of phenols is 1. The van der Waals surface area contributed by atoms with Gasteiger partial charge in [0.15, 0.2) is 0 Å². The predicted octanol–water partition coefficient (Wildman–Crippen LogP) is -2.42. The number of phenolic OH excluding ortho intramolecular Hbond substituents is 1. The summed E-state index contributed by atoms with van der Waals surface area (Å²) >= 11 is 0. The monoisotopic (exact) mass is 300 g/mol. The first-order valence-corrected chi connectivity index (χ1v) is 6.00. The second-order valence-electron chi connectivity index (χ2n) is 4.42. The number of hydrogen-bond donors (Lipinski definition) is 6. The molecule has 0 bridgehead atoms. The molecule has 0 aromatic heterocycles. The molecule has 1 rings (SSSR count). The quantitative estimate of drug-likeness (QED) is 0.240. The van der Waals surface area contributed by atoms with Gasteiger partial charge < -0.3 is 30.6 Å². The third kappa shape index (κ3) is 4.06. The van der Waals surface area contributed by atoms with Gasteiger partial charge in [-0.3, -0.25) is 9.59 Å². The molecule has 0 radical (unpaired) electrons. The number of ketones is 2. The van der Waals surface area contributed by atoms with Crippen molar-refractivity contribution in [2.75, 3.05) is 6.61 Å². The fourth-order valence-electron chi connectivity index (χ4n) is 1.57. The lowest BCUT2D eigenvalue weighted by molar-refractivity contribution is -0.142. The Morgan fingerprint density at radius 3 is 1.95 bits per heavy atom. The van der Waals surface area contributed by atoms with Gasteiger partial charge in [0.1, 0.15) is 30.2 Å². The molecule has 0 unspecified atom stereocenters. The maximum absolute atomic E-state index is 11.8. The summed E-state index contributed by atoms with van der Waals surface area (Å²) in [4.78, 5) is 23.5. The highest BCUT2D eigenvalue weighted by Gasteiger charge is 2.37. The third-order valence-corrected chi connectivity index (χ3v) is 2.88. The molecule has 8 heteroatoms. The van der Waals surface area contributed by atoms with Gasteiger partial charge in [0, 0.05) is 5.56 Å². The van der Waals surface area contributed by atoms with Crippen LogP contribution in [0.3, 0.4) is 0 Å². The van der Waals surface area contributed by atoms with E-state index >= 15 is 0 Å². The summed E-state index contributed by atoms with van der Waals surface area (Å²) < 4.78 is 0. The molecular weight excluding hydrogens is 284 g/mol. The summed E-state index contributed by atoms with van der Waals surface area (Å²) in [5, 5.41) is 55.2. The summed E-state index contributed by atoms with van der Waals surface area (Å²) in [6.07, 6.45) is -8.17. The number of carbonyl (C=O) groups is 2. The Balaban J connectivity index is 2.82. The maximum Gasteiger partial charge on any atom is 0.234 e.